The molecule has 0 aromatic carbocycles. The van der Waals surface area contributed by atoms with E-state index in [4.69, 9.17) is 12.2 Å². The summed E-state index contributed by atoms with van der Waals surface area (Å²) in [4.78, 5) is 14.8. The summed E-state index contributed by atoms with van der Waals surface area (Å²) < 4.78 is 0.728. The number of amides is 1. The third-order valence-electron chi connectivity index (χ3n) is 3.31. The van der Waals surface area contributed by atoms with Gasteiger partial charge in [-0.25, -0.2) is 0 Å². The van der Waals surface area contributed by atoms with Crippen molar-refractivity contribution in [2.24, 2.45) is 5.92 Å². The fraction of sp³-hybridized carbons (Fsp3) is 0.571. The highest BCUT2D eigenvalue weighted by Gasteiger charge is 2.31. The predicted octanol–water partition coefficient (Wildman–Crippen LogP) is 3.89. The average Bonchev–Trinajstić information content (AvgIpc) is 2.64. The highest BCUT2D eigenvalue weighted by molar-refractivity contribution is 8.26. The number of rotatable bonds is 4. The van der Waals surface area contributed by atoms with Gasteiger partial charge in [-0.3, -0.25) is 9.69 Å². The molecule has 1 amide bonds. The molecule has 2 nitrogen and oxygen atoms in total. The van der Waals surface area contributed by atoms with Crippen LogP contribution in [0, 0.1) is 5.92 Å². The second-order valence-corrected chi connectivity index (χ2v) is 6.43. The Morgan fingerprint density at radius 1 is 1.56 bits per heavy atom. The van der Waals surface area contributed by atoms with Crippen LogP contribution in [0.5, 0.6) is 0 Å². The van der Waals surface area contributed by atoms with Crippen LogP contribution in [-0.4, -0.2) is 21.7 Å². The topological polar surface area (TPSA) is 20.3 Å². The van der Waals surface area contributed by atoms with E-state index in [0.717, 1.165) is 47.9 Å². The lowest BCUT2D eigenvalue weighted by Gasteiger charge is -2.14. The minimum Gasteiger partial charge on any atom is -0.293 e. The lowest BCUT2D eigenvalue weighted by molar-refractivity contribution is -0.122. The van der Waals surface area contributed by atoms with Crippen molar-refractivity contribution in [2.75, 3.05) is 6.54 Å². The van der Waals surface area contributed by atoms with E-state index in [1.54, 1.807) is 4.90 Å². The van der Waals surface area contributed by atoms with Gasteiger partial charge in [0.1, 0.15) is 4.32 Å². The molecule has 1 aliphatic heterocycles. The Bertz CT molecular complexity index is 401. The van der Waals surface area contributed by atoms with E-state index in [0.29, 0.717) is 5.92 Å². The number of hydrogen-bond acceptors (Lipinski definition) is 3. The normalized spacial score (nSPS) is 26.4. The monoisotopic (exact) mass is 281 g/mol. The number of unbranched alkanes of at least 4 members (excludes halogenated alkanes) is 1. The second kappa shape index (κ2) is 6.53. The summed E-state index contributed by atoms with van der Waals surface area (Å²) in [5.41, 5.74) is 0. The van der Waals surface area contributed by atoms with Crippen LogP contribution in [0.2, 0.25) is 0 Å². The van der Waals surface area contributed by atoms with Gasteiger partial charge in [0.2, 0.25) is 0 Å². The maximum Gasteiger partial charge on any atom is 0.265 e. The zero-order valence-electron chi connectivity index (χ0n) is 10.7. The quantitative estimate of drug-likeness (QED) is 0.443. The first kappa shape index (κ1) is 13.8. The molecular formula is C14H19NOS2. The maximum absolute atomic E-state index is 12.2. The van der Waals surface area contributed by atoms with Crippen molar-refractivity contribution < 1.29 is 4.79 Å². The van der Waals surface area contributed by atoms with Gasteiger partial charge < -0.3 is 0 Å². The highest BCUT2D eigenvalue weighted by atomic mass is 32.2. The molecule has 0 bridgehead atoms. The summed E-state index contributed by atoms with van der Waals surface area (Å²) in [5, 5.41) is 0. The molecule has 1 saturated heterocycles. The molecule has 0 saturated carbocycles. The van der Waals surface area contributed by atoms with E-state index >= 15 is 0 Å². The van der Waals surface area contributed by atoms with E-state index in [1.807, 2.05) is 0 Å². The van der Waals surface area contributed by atoms with E-state index in [9.17, 15) is 4.79 Å². The smallest absolute Gasteiger partial charge is 0.265 e. The Morgan fingerprint density at radius 3 is 3.06 bits per heavy atom. The lowest BCUT2D eigenvalue weighted by Crippen LogP contribution is -2.29. The summed E-state index contributed by atoms with van der Waals surface area (Å²) in [6.07, 6.45) is 12.0. The number of nitrogens with zero attached hydrogens (tertiary/aromatic N) is 1. The summed E-state index contributed by atoms with van der Waals surface area (Å²) in [6, 6.07) is 0. The Morgan fingerprint density at radius 2 is 2.39 bits per heavy atom. The Kier molecular flexibility index (Phi) is 5.01. The molecule has 98 valence electrons. The van der Waals surface area contributed by atoms with E-state index in [1.165, 1.54) is 11.8 Å². The van der Waals surface area contributed by atoms with Gasteiger partial charge in [-0.05, 0) is 31.6 Å². The number of carbonyl (C=O) groups excluding carboxylic acids is 1. The van der Waals surface area contributed by atoms with Crippen LogP contribution in [0.15, 0.2) is 23.1 Å². The molecule has 0 radical (unpaired) electrons. The van der Waals surface area contributed by atoms with Crippen LogP contribution in [0.1, 0.15) is 39.0 Å². The Balaban J connectivity index is 2.02. The van der Waals surface area contributed by atoms with E-state index in [2.05, 4.69) is 25.2 Å². The first-order valence-corrected chi connectivity index (χ1v) is 7.85. The number of carbonyl (C=O) groups is 1. The molecule has 0 spiro atoms. The van der Waals surface area contributed by atoms with Crippen molar-refractivity contribution in [3.63, 3.8) is 0 Å². The third kappa shape index (κ3) is 3.23. The predicted molar refractivity (Wildman–Crippen MR) is 81.4 cm³/mol. The standard InChI is InChI=1S/C14H19NOS2/c1-2-3-9-15-13(16)12(18-14(15)17)10-11-7-5-4-6-8-11/h4-5,10-11H,2-3,6-9H2,1H3/b12-10-/t11-/m1/s1. The number of thioether (sulfide) groups is 1. The van der Waals surface area contributed by atoms with Crippen LogP contribution in [0.25, 0.3) is 0 Å². The van der Waals surface area contributed by atoms with Gasteiger partial charge in [-0.2, -0.15) is 0 Å². The lowest BCUT2D eigenvalue weighted by atomic mass is 9.94. The van der Waals surface area contributed by atoms with Crippen molar-refractivity contribution in [3.8, 4) is 0 Å². The largest absolute Gasteiger partial charge is 0.293 e. The van der Waals surface area contributed by atoms with Crippen molar-refractivity contribution in [2.45, 2.75) is 39.0 Å². The average molecular weight is 281 g/mol. The zero-order chi connectivity index (χ0) is 13.0. The van der Waals surface area contributed by atoms with Crippen LogP contribution >= 0.6 is 24.0 Å². The van der Waals surface area contributed by atoms with Crippen molar-refractivity contribution in [1.82, 2.24) is 4.90 Å². The fourth-order valence-corrected chi connectivity index (χ4v) is 3.58. The van der Waals surface area contributed by atoms with Gasteiger partial charge in [-0.15, -0.1) is 0 Å². The van der Waals surface area contributed by atoms with Gasteiger partial charge in [0.25, 0.3) is 5.91 Å². The van der Waals surface area contributed by atoms with Crippen molar-refractivity contribution in [3.05, 3.63) is 23.1 Å². The van der Waals surface area contributed by atoms with Gasteiger partial charge in [0.05, 0.1) is 4.91 Å². The number of allylic oxidation sites excluding steroid dienone is 3. The molecular weight excluding hydrogens is 262 g/mol. The first-order chi connectivity index (χ1) is 8.72. The summed E-state index contributed by atoms with van der Waals surface area (Å²) in [6.45, 7) is 2.89. The second-order valence-electron chi connectivity index (χ2n) is 4.75. The molecule has 0 aromatic rings. The van der Waals surface area contributed by atoms with E-state index < -0.39 is 0 Å². The van der Waals surface area contributed by atoms with Gasteiger partial charge >= 0.3 is 0 Å². The van der Waals surface area contributed by atoms with Crippen molar-refractivity contribution in [1.29, 1.82) is 0 Å². The van der Waals surface area contributed by atoms with Crippen LogP contribution < -0.4 is 0 Å². The van der Waals surface area contributed by atoms with Gasteiger partial charge in [-0.1, -0.05) is 55.6 Å². The summed E-state index contributed by atoms with van der Waals surface area (Å²) in [7, 11) is 0. The number of thiocarbonyl (C=S) groups is 1. The van der Waals surface area contributed by atoms with E-state index in [-0.39, 0.29) is 5.91 Å². The van der Waals surface area contributed by atoms with Crippen molar-refractivity contribution >= 4 is 34.2 Å². The molecule has 4 heteroatoms. The molecule has 2 aliphatic rings. The minimum absolute atomic E-state index is 0.119. The highest BCUT2D eigenvalue weighted by Crippen LogP contribution is 2.34. The maximum atomic E-state index is 12.2. The SMILES string of the molecule is CCCCN1C(=O)/C(=C/[C@@H]2CC=CCC2)SC1=S. The molecule has 1 fully saturated rings. The number of hydrogen-bond donors (Lipinski definition) is 0. The molecule has 0 unspecified atom stereocenters. The molecule has 2 rings (SSSR count). The zero-order valence-corrected chi connectivity index (χ0v) is 12.4. The Labute approximate surface area is 118 Å². The van der Waals surface area contributed by atoms with Crippen LogP contribution in [-0.2, 0) is 4.79 Å². The van der Waals surface area contributed by atoms with Crippen LogP contribution in [0.3, 0.4) is 0 Å². The Hall–Kier alpha value is -0.610. The molecule has 1 aliphatic carbocycles. The fourth-order valence-electron chi connectivity index (χ4n) is 2.21. The molecule has 0 N–H and O–H groups in total. The molecule has 1 heterocycles. The molecule has 1 atom stereocenters. The summed E-state index contributed by atoms with van der Waals surface area (Å²) >= 11 is 6.76. The van der Waals surface area contributed by atoms with Gasteiger partial charge in [0, 0.05) is 6.54 Å². The van der Waals surface area contributed by atoms with Gasteiger partial charge in [0.15, 0.2) is 0 Å². The minimum atomic E-state index is 0.119. The first-order valence-electron chi connectivity index (χ1n) is 6.63. The summed E-state index contributed by atoms with van der Waals surface area (Å²) in [5.74, 6) is 0.628. The third-order valence-corrected chi connectivity index (χ3v) is 4.70. The molecule has 0 aromatic heterocycles. The van der Waals surface area contributed by atoms with Crippen LogP contribution in [0.4, 0.5) is 0 Å². The molecule has 18 heavy (non-hydrogen) atoms.